The Bertz CT molecular complexity index is 762. The first-order valence-electron chi connectivity index (χ1n) is 9.70. The molecule has 1 saturated carbocycles. The number of nitrogens with zero attached hydrogens (tertiary/aromatic N) is 4. The van der Waals surface area contributed by atoms with Crippen molar-refractivity contribution in [1.29, 1.82) is 0 Å². The fourth-order valence-electron chi connectivity index (χ4n) is 3.75. The summed E-state index contributed by atoms with van der Waals surface area (Å²) in [6.45, 7) is 2.29. The van der Waals surface area contributed by atoms with E-state index in [9.17, 15) is 4.79 Å². The van der Waals surface area contributed by atoms with Crippen molar-refractivity contribution in [3.63, 3.8) is 0 Å². The van der Waals surface area contributed by atoms with Crippen molar-refractivity contribution in [2.24, 2.45) is 5.92 Å². The molecule has 1 unspecified atom stereocenters. The molecule has 142 valence electrons. The standard InChI is InChI=1S/C21H26N4O2/c1-27-19-9-5-16(6-10-19)14-25(18-7-8-18)20(26)17-4-2-13-24(15-17)21-22-11-3-12-23-21/h3,5-6,9-12,17-18H,2,4,7-8,13-15H2,1H3. The number of rotatable bonds is 6. The Morgan fingerprint density at radius 2 is 1.93 bits per heavy atom. The number of hydrogen-bond donors (Lipinski definition) is 0. The van der Waals surface area contributed by atoms with Gasteiger partial charge in [0.25, 0.3) is 0 Å². The molecule has 6 heteroatoms. The lowest BCUT2D eigenvalue weighted by molar-refractivity contribution is -0.137. The lowest BCUT2D eigenvalue weighted by atomic mass is 9.96. The third-order valence-electron chi connectivity index (χ3n) is 5.39. The van der Waals surface area contributed by atoms with Crippen molar-refractivity contribution >= 4 is 11.9 Å². The SMILES string of the molecule is COc1ccc(CN(C(=O)C2CCCN(c3ncccn3)C2)C2CC2)cc1. The largest absolute Gasteiger partial charge is 0.497 e. The van der Waals surface area contributed by atoms with Crippen molar-refractivity contribution in [2.75, 3.05) is 25.1 Å². The fraction of sp³-hybridized carbons (Fsp3) is 0.476. The molecular weight excluding hydrogens is 340 g/mol. The Hall–Kier alpha value is -2.63. The minimum absolute atomic E-state index is 0.0152. The summed E-state index contributed by atoms with van der Waals surface area (Å²) in [6, 6.07) is 10.2. The van der Waals surface area contributed by atoms with Gasteiger partial charge in [-0.05, 0) is 49.4 Å². The van der Waals surface area contributed by atoms with Crippen molar-refractivity contribution in [1.82, 2.24) is 14.9 Å². The zero-order valence-electron chi connectivity index (χ0n) is 15.8. The van der Waals surface area contributed by atoms with E-state index in [4.69, 9.17) is 4.74 Å². The number of carbonyl (C=O) groups is 1. The van der Waals surface area contributed by atoms with Crippen molar-refractivity contribution in [3.05, 3.63) is 48.3 Å². The molecular formula is C21H26N4O2. The quantitative estimate of drug-likeness (QED) is 0.787. The van der Waals surface area contributed by atoms with Gasteiger partial charge in [-0.2, -0.15) is 0 Å². The number of anilines is 1. The maximum Gasteiger partial charge on any atom is 0.228 e. The predicted molar refractivity (Wildman–Crippen MR) is 104 cm³/mol. The van der Waals surface area contributed by atoms with E-state index in [-0.39, 0.29) is 11.8 Å². The minimum Gasteiger partial charge on any atom is -0.497 e. The van der Waals surface area contributed by atoms with Crippen LogP contribution in [0, 0.1) is 5.92 Å². The number of aromatic nitrogens is 2. The number of benzene rings is 1. The average molecular weight is 366 g/mol. The lowest BCUT2D eigenvalue weighted by Gasteiger charge is -2.35. The molecule has 2 aliphatic rings. The third-order valence-corrected chi connectivity index (χ3v) is 5.39. The Kier molecular flexibility index (Phi) is 5.23. The maximum absolute atomic E-state index is 13.3. The van der Waals surface area contributed by atoms with Gasteiger partial charge in [-0.1, -0.05) is 12.1 Å². The number of piperidine rings is 1. The normalized spacial score (nSPS) is 19.6. The van der Waals surface area contributed by atoms with Gasteiger partial charge >= 0.3 is 0 Å². The molecule has 27 heavy (non-hydrogen) atoms. The highest BCUT2D eigenvalue weighted by molar-refractivity contribution is 5.80. The van der Waals surface area contributed by atoms with Gasteiger partial charge in [-0.25, -0.2) is 9.97 Å². The smallest absolute Gasteiger partial charge is 0.228 e. The maximum atomic E-state index is 13.3. The second-order valence-electron chi connectivity index (χ2n) is 7.38. The second-order valence-corrected chi connectivity index (χ2v) is 7.38. The van der Waals surface area contributed by atoms with E-state index >= 15 is 0 Å². The van der Waals surface area contributed by atoms with Crippen molar-refractivity contribution in [2.45, 2.75) is 38.3 Å². The van der Waals surface area contributed by atoms with Gasteiger partial charge in [0.15, 0.2) is 0 Å². The molecule has 1 aliphatic heterocycles. The number of methoxy groups -OCH3 is 1. The minimum atomic E-state index is 0.0152. The van der Waals surface area contributed by atoms with Crippen molar-refractivity contribution < 1.29 is 9.53 Å². The Balaban J connectivity index is 1.45. The Morgan fingerprint density at radius 1 is 1.19 bits per heavy atom. The highest BCUT2D eigenvalue weighted by Gasteiger charge is 2.37. The number of hydrogen-bond acceptors (Lipinski definition) is 5. The second kappa shape index (κ2) is 7.94. The van der Waals surface area contributed by atoms with Crippen LogP contribution in [0.2, 0.25) is 0 Å². The zero-order valence-corrected chi connectivity index (χ0v) is 15.8. The molecule has 6 nitrogen and oxygen atoms in total. The summed E-state index contributed by atoms with van der Waals surface area (Å²) in [7, 11) is 1.67. The van der Waals surface area contributed by atoms with Gasteiger partial charge in [-0.3, -0.25) is 4.79 Å². The Morgan fingerprint density at radius 3 is 2.59 bits per heavy atom. The molecule has 2 heterocycles. The molecule has 0 radical (unpaired) electrons. The van der Waals surface area contributed by atoms with E-state index in [1.165, 1.54) is 0 Å². The summed E-state index contributed by atoms with van der Waals surface area (Å²) in [4.78, 5) is 26.2. The first-order chi connectivity index (χ1) is 13.2. The summed E-state index contributed by atoms with van der Waals surface area (Å²) < 4.78 is 5.23. The molecule has 1 aliphatic carbocycles. The van der Waals surface area contributed by atoms with Crippen LogP contribution < -0.4 is 9.64 Å². The van der Waals surface area contributed by atoms with Crippen LogP contribution in [0.25, 0.3) is 0 Å². The zero-order chi connectivity index (χ0) is 18.6. The predicted octanol–water partition coefficient (Wildman–Crippen LogP) is 2.89. The molecule has 2 fully saturated rings. The molecule has 2 aromatic rings. The molecule has 1 saturated heterocycles. The van der Waals surface area contributed by atoms with Gasteiger partial charge in [0.2, 0.25) is 11.9 Å². The molecule has 1 atom stereocenters. The van der Waals surface area contributed by atoms with Gasteiger partial charge in [0.05, 0.1) is 13.0 Å². The topological polar surface area (TPSA) is 58.6 Å². The lowest BCUT2D eigenvalue weighted by Crippen LogP contribution is -2.45. The van der Waals surface area contributed by atoms with Crippen LogP contribution in [-0.4, -0.2) is 47.0 Å². The summed E-state index contributed by atoms with van der Waals surface area (Å²) >= 11 is 0. The van der Waals surface area contributed by atoms with Crippen molar-refractivity contribution in [3.8, 4) is 5.75 Å². The van der Waals surface area contributed by atoms with Gasteiger partial charge in [-0.15, -0.1) is 0 Å². The molecule has 0 spiro atoms. The van der Waals surface area contributed by atoms with Crippen LogP contribution in [0.15, 0.2) is 42.7 Å². The molecule has 0 N–H and O–H groups in total. The highest BCUT2D eigenvalue weighted by Crippen LogP contribution is 2.32. The van der Waals surface area contributed by atoms with Gasteiger partial charge in [0.1, 0.15) is 5.75 Å². The molecule has 0 bridgehead atoms. The fourth-order valence-corrected chi connectivity index (χ4v) is 3.75. The van der Waals surface area contributed by atoms with E-state index in [0.29, 0.717) is 19.1 Å². The van der Waals surface area contributed by atoms with Gasteiger partial charge in [0, 0.05) is 38.1 Å². The summed E-state index contributed by atoms with van der Waals surface area (Å²) in [5.41, 5.74) is 1.15. The number of carbonyl (C=O) groups excluding carboxylic acids is 1. The monoisotopic (exact) mass is 366 g/mol. The van der Waals surface area contributed by atoms with Crippen LogP contribution in [-0.2, 0) is 11.3 Å². The molecule has 1 amide bonds. The summed E-state index contributed by atoms with van der Waals surface area (Å²) in [5.74, 6) is 1.85. The van der Waals surface area contributed by atoms with E-state index in [1.54, 1.807) is 19.5 Å². The van der Waals surface area contributed by atoms with Crippen LogP contribution in [0.1, 0.15) is 31.2 Å². The van der Waals surface area contributed by atoms with E-state index in [2.05, 4.69) is 19.8 Å². The molecule has 1 aromatic heterocycles. The summed E-state index contributed by atoms with van der Waals surface area (Å²) in [5, 5.41) is 0. The van der Waals surface area contributed by atoms with Crippen LogP contribution in [0.3, 0.4) is 0 Å². The van der Waals surface area contributed by atoms with Crippen LogP contribution in [0.5, 0.6) is 5.75 Å². The Labute approximate surface area is 160 Å². The summed E-state index contributed by atoms with van der Waals surface area (Å²) in [6.07, 6.45) is 7.67. The van der Waals surface area contributed by atoms with Gasteiger partial charge < -0.3 is 14.5 Å². The average Bonchev–Trinajstić information content (AvgIpc) is 3.58. The first-order valence-corrected chi connectivity index (χ1v) is 9.70. The van der Waals surface area contributed by atoms with Crippen LogP contribution in [0.4, 0.5) is 5.95 Å². The van der Waals surface area contributed by atoms with E-state index < -0.39 is 0 Å². The first kappa shape index (κ1) is 17.8. The van der Waals surface area contributed by atoms with E-state index in [0.717, 1.165) is 49.5 Å². The number of amides is 1. The molecule has 1 aromatic carbocycles. The third kappa shape index (κ3) is 4.21. The van der Waals surface area contributed by atoms with E-state index in [1.807, 2.05) is 30.3 Å². The highest BCUT2D eigenvalue weighted by atomic mass is 16.5. The number of ether oxygens (including phenoxy) is 1. The van der Waals surface area contributed by atoms with Crippen LogP contribution >= 0.6 is 0 Å². The molecule has 4 rings (SSSR count).